The van der Waals surface area contributed by atoms with E-state index in [-0.39, 0.29) is 25.1 Å². The van der Waals surface area contributed by atoms with E-state index in [1.165, 1.54) is 24.2 Å². The number of fused-ring (bicyclic) bond motifs is 1. The van der Waals surface area contributed by atoms with Gasteiger partial charge < -0.3 is 20.1 Å². The number of nitrogens with zero attached hydrogens (tertiary/aromatic N) is 1. The molecular weight excluding hydrogens is 362 g/mol. The van der Waals surface area contributed by atoms with E-state index >= 15 is 0 Å². The third-order valence-corrected chi connectivity index (χ3v) is 5.34. The summed E-state index contributed by atoms with van der Waals surface area (Å²) in [7, 11) is 0. The summed E-state index contributed by atoms with van der Waals surface area (Å²) < 4.78 is 10.7. The van der Waals surface area contributed by atoms with E-state index in [0.717, 1.165) is 35.2 Å². The number of nitrogens with one attached hydrogen (secondary N) is 2. The van der Waals surface area contributed by atoms with Crippen molar-refractivity contribution in [1.29, 1.82) is 0 Å². The Hall–Kier alpha value is -1.83. The number of halogens is 1. The van der Waals surface area contributed by atoms with Crippen LogP contribution in [-0.2, 0) is 0 Å². The van der Waals surface area contributed by atoms with Crippen molar-refractivity contribution in [2.75, 3.05) is 26.4 Å². The molecule has 0 bridgehead atoms. The van der Waals surface area contributed by atoms with Crippen LogP contribution in [0.4, 0.5) is 0 Å². The zero-order valence-electron chi connectivity index (χ0n) is 13.6. The first-order valence-corrected chi connectivity index (χ1v) is 8.96. The smallest absolute Gasteiger partial charge is 0.263 e. The minimum absolute atomic E-state index is 0. The summed E-state index contributed by atoms with van der Waals surface area (Å²) in [6.07, 6.45) is 3.98. The number of carbonyl (C=O) groups is 1. The zero-order chi connectivity index (χ0) is 16.4. The van der Waals surface area contributed by atoms with E-state index in [2.05, 4.69) is 15.6 Å². The maximum atomic E-state index is 12.3. The van der Waals surface area contributed by atoms with Gasteiger partial charge in [0.1, 0.15) is 9.88 Å². The first-order chi connectivity index (χ1) is 11.8. The summed E-state index contributed by atoms with van der Waals surface area (Å²) in [6.45, 7) is 3.02. The largest absolute Gasteiger partial charge is 0.454 e. The van der Waals surface area contributed by atoms with E-state index in [4.69, 9.17) is 9.47 Å². The van der Waals surface area contributed by atoms with Gasteiger partial charge in [0.25, 0.3) is 5.91 Å². The minimum atomic E-state index is -0.0509. The van der Waals surface area contributed by atoms with Crippen LogP contribution in [0.15, 0.2) is 24.4 Å². The lowest BCUT2D eigenvalue weighted by Gasteiger charge is -2.22. The van der Waals surface area contributed by atoms with Gasteiger partial charge in [-0.25, -0.2) is 4.98 Å². The SMILES string of the molecule is Cl.O=C(NCC1CCCNC1)c1cnc(-c2ccc3c(c2)OCO3)s1. The molecule has 2 N–H and O–H groups in total. The molecule has 2 aliphatic heterocycles. The Morgan fingerprint density at radius 1 is 1.36 bits per heavy atom. The van der Waals surface area contributed by atoms with Gasteiger partial charge in [-0.1, -0.05) is 0 Å². The van der Waals surface area contributed by atoms with Crippen molar-refractivity contribution in [1.82, 2.24) is 15.6 Å². The Labute approximate surface area is 156 Å². The summed E-state index contributed by atoms with van der Waals surface area (Å²) in [6, 6.07) is 5.70. The topological polar surface area (TPSA) is 72.5 Å². The van der Waals surface area contributed by atoms with E-state index in [9.17, 15) is 4.79 Å². The average Bonchev–Trinajstić information content (AvgIpc) is 3.29. The van der Waals surface area contributed by atoms with Crippen molar-refractivity contribution < 1.29 is 14.3 Å². The number of carbonyl (C=O) groups excluding carboxylic acids is 1. The lowest BCUT2D eigenvalue weighted by atomic mass is 10.00. The molecule has 8 heteroatoms. The van der Waals surface area contributed by atoms with E-state index in [0.29, 0.717) is 17.3 Å². The van der Waals surface area contributed by atoms with Gasteiger partial charge >= 0.3 is 0 Å². The lowest BCUT2D eigenvalue weighted by Crippen LogP contribution is -2.37. The number of piperidine rings is 1. The van der Waals surface area contributed by atoms with Crippen LogP contribution in [0.5, 0.6) is 11.5 Å². The Bertz CT molecular complexity index is 746. The first kappa shape index (κ1) is 18.0. The van der Waals surface area contributed by atoms with Crippen molar-refractivity contribution in [2.24, 2.45) is 5.92 Å². The van der Waals surface area contributed by atoms with Crippen LogP contribution in [0.25, 0.3) is 10.6 Å². The molecule has 1 amide bonds. The molecule has 25 heavy (non-hydrogen) atoms. The highest BCUT2D eigenvalue weighted by Crippen LogP contribution is 2.36. The molecule has 3 heterocycles. The summed E-state index contributed by atoms with van der Waals surface area (Å²) >= 11 is 1.39. The number of aromatic nitrogens is 1. The van der Waals surface area contributed by atoms with Gasteiger partial charge in [0.05, 0.1) is 6.20 Å². The number of rotatable bonds is 4. The van der Waals surface area contributed by atoms with Crippen LogP contribution in [-0.4, -0.2) is 37.3 Å². The minimum Gasteiger partial charge on any atom is -0.454 e. The van der Waals surface area contributed by atoms with Crippen molar-refractivity contribution in [3.05, 3.63) is 29.3 Å². The highest BCUT2D eigenvalue weighted by Gasteiger charge is 2.18. The lowest BCUT2D eigenvalue weighted by molar-refractivity contribution is 0.0948. The number of ether oxygens (including phenoxy) is 2. The molecule has 2 aliphatic rings. The standard InChI is InChI=1S/C17H19N3O3S.ClH/c21-16(19-8-11-2-1-5-18-7-11)15-9-20-17(24-15)12-3-4-13-14(6-12)23-10-22-13;/h3-4,6,9,11,18H,1-2,5,7-8,10H2,(H,19,21);1H. The predicted octanol–water partition coefficient (Wildman–Crippen LogP) is 2.69. The third kappa shape index (κ3) is 4.05. The number of amides is 1. The summed E-state index contributed by atoms with van der Waals surface area (Å²) in [4.78, 5) is 17.3. The van der Waals surface area contributed by atoms with Gasteiger partial charge in [-0.2, -0.15) is 0 Å². The predicted molar refractivity (Wildman–Crippen MR) is 98.8 cm³/mol. The fourth-order valence-corrected chi connectivity index (χ4v) is 3.79. The number of hydrogen-bond acceptors (Lipinski definition) is 6. The van der Waals surface area contributed by atoms with Crippen LogP contribution in [0.2, 0.25) is 0 Å². The first-order valence-electron chi connectivity index (χ1n) is 8.14. The second kappa shape index (κ2) is 8.03. The Balaban J connectivity index is 0.00000182. The molecule has 2 aromatic rings. The van der Waals surface area contributed by atoms with Crippen molar-refractivity contribution >= 4 is 29.7 Å². The van der Waals surface area contributed by atoms with E-state index < -0.39 is 0 Å². The van der Waals surface area contributed by atoms with E-state index in [1.54, 1.807) is 6.20 Å². The second-order valence-corrected chi connectivity index (χ2v) is 7.05. The van der Waals surface area contributed by atoms with Crippen LogP contribution < -0.4 is 20.1 Å². The molecule has 1 aromatic carbocycles. The van der Waals surface area contributed by atoms with Crippen LogP contribution in [0.3, 0.4) is 0 Å². The molecule has 134 valence electrons. The quantitative estimate of drug-likeness (QED) is 0.851. The molecule has 4 rings (SSSR count). The average molecular weight is 382 g/mol. The molecule has 1 atom stereocenters. The summed E-state index contributed by atoms with van der Waals surface area (Å²) in [5, 5.41) is 7.19. The normalized spacial score (nSPS) is 18.5. The maximum Gasteiger partial charge on any atom is 0.263 e. The van der Waals surface area contributed by atoms with Gasteiger partial charge in [0, 0.05) is 12.1 Å². The maximum absolute atomic E-state index is 12.3. The molecule has 1 saturated heterocycles. The Morgan fingerprint density at radius 2 is 2.24 bits per heavy atom. The van der Waals surface area contributed by atoms with E-state index in [1.807, 2.05) is 18.2 Å². The molecule has 0 aliphatic carbocycles. The molecule has 0 radical (unpaired) electrons. The van der Waals surface area contributed by atoms with Gasteiger partial charge in [-0.05, 0) is 50.0 Å². The molecule has 1 aromatic heterocycles. The molecule has 6 nitrogen and oxygen atoms in total. The van der Waals surface area contributed by atoms with Crippen LogP contribution in [0, 0.1) is 5.92 Å². The highest BCUT2D eigenvalue weighted by atomic mass is 35.5. The molecular formula is C17H20ClN3O3S. The summed E-state index contributed by atoms with van der Waals surface area (Å²) in [5.74, 6) is 1.93. The molecule has 0 saturated carbocycles. The van der Waals surface area contributed by atoms with Crippen molar-refractivity contribution in [3.63, 3.8) is 0 Å². The van der Waals surface area contributed by atoms with Crippen LogP contribution >= 0.6 is 23.7 Å². The third-order valence-electron chi connectivity index (χ3n) is 4.30. The monoisotopic (exact) mass is 381 g/mol. The van der Waals surface area contributed by atoms with Gasteiger partial charge in [-0.15, -0.1) is 23.7 Å². The fourth-order valence-electron chi connectivity index (χ4n) is 2.96. The van der Waals surface area contributed by atoms with Gasteiger partial charge in [-0.3, -0.25) is 4.79 Å². The Morgan fingerprint density at radius 3 is 3.08 bits per heavy atom. The molecule has 1 fully saturated rings. The summed E-state index contributed by atoms with van der Waals surface area (Å²) in [5.41, 5.74) is 0.930. The highest BCUT2D eigenvalue weighted by molar-refractivity contribution is 7.16. The van der Waals surface area contributed by atoms with Crippen molar-refractivity contribution in [3.8, 4) is 22.1 Å². The van der Waals surface area contributed by atoms with Gasteiger partial charge in [0.15, 0.2) is 11.5 Å². The Kier molecular flexibility index (Phi) is 5.78. The molecule has 0 spiro atoms. The van der Waals surface area contributed by atoms with Crippen molar-refractivity contribution in [2.45, 2.75) is 12.8 Å². The number of benzene rings is 1. The number of hydrogen-bond donors (Lipinski definition) is 2. The van der Waals surface area contributed by atoms with Crippen LogP contribution in [0.1, 0.15) is 22.5 Å². The number of thiazole rings is 1. The molecule has 1 unspecified atom stereocenters. The second-order valence-electron chi connectivity index (χ2n) is 6.02. The van der Waals surface area contributed by atoms with Gasteiger partial charge in [0.2, 0.25) is 6.79 Å². The zero-order valence-corrected chi connectivity index (χ0v) is 15.3. The fraction of sp³-hybridized carbons (Fsp3) is 0.412.